The molecule has 32 heavy (non-hydrogen) atoms. The molecule has 2 fully saturated rings. The first-order chi connectivity index (χ1) is 15.5. The Balaban J connectivity index is 1.22. The average molecular weight is 439 g/mol. The van der Waals surface area contributed by atoms with Gasteiger partial charge in [-0.15, -0.1) is 0 Å². The number of likely N-dealkylation sites (tertiary alicyclic amines) is 2. The van der Waals surface area contributed by atoms with Crippen LogP contribution in [0.5, 0.6) is 0 Å². The Morgan fingerprint density at radius 1 is 1.12 bits per heavy atom. The molecule has 0 saturated carbocycles. The summed E-state index contributed by atoms with van der Waals surface area (Å²) < 4.78 is 5.98. The largest absolute Gasteiger partial charge is 0.441 e. The van der Waals surface area contributed by atoms with E-state index in [1.807, 2.05) is 19.1 Å². The summed E-state index contributed by atoms with van der Waals surface area (Å²) in [6.07, 6.45) is 4.44. The van der Waals surface area contributed by atoms with Crippen LogP contribution < -0.4 is 5.32 Å². The third-order valence-corrected chi connectivity index (χ3v) is 7.07. The van der Waals surface area contributed by atoms with Gasteiger partial charge in [0.1, 0.15) is 5.76 Å². The monoisotopic (exact) mass is 438 g/mol. The number of amides is 1. The van der Waals surface area contributed by atoms with Crippen LogP contribution in [0.15, 0.2) is 28.7 Å². The Morgan fingerprint density at radius 3 is 2.66 bits per heavy atom. The Morgan fingerprint density at radius 2 is 1.91 bits per heavy atom. The van der Waals surface area contributed by atoms with Gasteiger partial charge in [-0.1, -0.05) is 25.1 Å². The van der Waals surface area contributed by atoms with E-state index in [-0.39, 0.29) is 11.8 Å². The summed E-state index contributed by atoms with van der Waals surface area (Å²) in [5.41, 5.74) is 3.22. The summed E-state index contributed by atoms with van der Waals surface area (Å²) in [4.78, 5) is 22.3. The standard InChI is InChI=1S/C26H38N4O2/c1-19-7-6-13-29(17-19)16-12-27-25(31)22-10-14-30(15-11-22)18-24-21(3)32-26(28-24)23-9-5-4-8-20(23)2/h4-5,8-9,19,22H,6-7,10-18H2,1-3H3,(H,27,31)/t19-/m1/s1. The van der Waals surface area contributed by atoms with Crippen molar-refractivity contribution in [2.24, 2.45) is 11.8 Å². The van der Waals surface area contributed by atoms with Crippen LogP contribution in [0.4, 0.5) is 0 Å². The first-order valence-corrected chi connectivity index (χ1v) is 12.2. The SMILES string of the molecule is Cc1ccccc1-c1nc(CN2CCC(C(=O)NCCN3CCC[C@@H](C)C3)CC2)c(C)o1. The van der Waals surface area contributed by atoms with Crippen molar-refractivity contribution in [3.63, 3.8) is 0 Å². The molecule has 0 aliphatic carbocycles. The normalized spacial score (nSPS) is 21.0. The highest BCUT2D eigenvalue weighted by Gasteiger charge is 2.26. The molecule has 2 aliphatic heterocycles. The number of carbonyl (C=O) groups is 1. The fourth-order valence-electron chi connectivity index (χ4n) is 5.04. The zero-order chi connectivity index (χ0) is 22.5. The first-order valence-electron chi connectivity index (χ1n) is 12.2. The maximum atomic E-state index is 12.6. The molecule has 1 aromatic carbocycles. The average Bonchev–Trinajstić information content (AvgIpc) is 3.14. The molecule has 1 aromatic heterocycles. The molecule has 0 bridgehead atoms. The van der Waals surface area contributed by atoms with Crippen molar-refractivity contribution in [2.75, 3.05) is 39.3 Å². The van der Waals surface area contributed by atoms with Crippen LogP contribution in [0.25, 0.3) is 11.5 Å². The maximum Gasteiger partial charge on any atom is 0.226 e. The molecule has 1 amide bonds. The number of oxazole rings is 1. The van der Waals surface area contributed by atoms with Gasteiger partial charge in [-0.2, -0.15) is 0 Å². The highest BCUT2D eigenvalue weighted by atomic mass is 16.4. The van der Waals surface area contributed by atoms with E-state index in [1.165, 1.54) is 31.5 Å². The highest BCUT2D eigenvalue weighted by Crippen LogP contribution is 2.26. The van der Waals surface area contributed by atoms with Gasteiger partial charge in [0.2, 0.25) is 11.8 Å². The van der Waals surface area contributed by atoms with Crippen molar-refractivity contribution < 1.29 is 9.21 Å². The molecular formula is C26H38N4O2. The molecule has 6 nitrogen and oxygen atoms in total. The number of aryl methyl sites for hydroxylation is 2. The van der Waals surface area contributed by atoms with E-state index in [1.54, 1.807) is 0 Å². The van der Waals surface area contributed by atoms with Crippen LogP contribution in [0, 0.1) is 25.7 Å². The van der Waals surface area contributed by atoms with E-state index >= 15 is 0 Å². The number of aromatic nitrogens is 1. The zero-order valence-corrected chi connectivity index (χ0v) is 19.9. The number of carbonyl (C=O) groups excluding carboxylic acids is 1. The van der Waals surface area contributed by atoms with Gasteiger partial charge in [0, 0.05) is 37.7 Å². The minimum Gasteiger partial charge on any atom is -0.441 e. The lowest BCUT2D eigenvalue weighted by atomic mass is 9.95. The van der Waals surface area contributed by atoms with Gasteiger partial charge >= 0.3 is 0 Å². The number of rotatable bonds is 7. The van der Waals surface area contributed by atoms with Gasteiger partial charge in [0.25, 0.3) is 0 Å². The second kappa shape index (κ2) is 10.6. The molecule has 174 valence electrons. The number of hydrogen-bond acceptors (Lipinski definition) is 5. The van der Waals surface area contributed by atoms with Gasteiger partial charge in [0.05, 0.1) is 5.69 Å². The van der Waals surface area contributed by atoms with E-state index in [0.717, 1.165) is 68.5 Å². The maximum absolute atomic E-state index is 12.6. The quantitative estimate of drug-likeness (QED) is 0.708. The Bertz CT molecular complexity index is 901. The third-order valence-electron chi connectivity index (χ3n) is 7.07. The molecule has 2 aromatic rings. The highest BCUT2D eigenvalue weighted by molar-refractivity contribution is 5.78. The molecule has 1 N–H and O–H groups in total. The number of hydrogen-bond donors (Lipinski definition) is 1. The number of piperidine rings is 2. The van der Waals surface area contributed by atoms with Crippen molar-refractivity contribution in [3.05, 3.63) is 41.3 Å². The fourth-order valence-corrected chi connectivity index (χ4v) is 5.04. The minimum atomic E-state index is 0.132. The number of nitrogens with zero attached hydrogens (tertiary/aromatic N) is 3. The third kappa shape index (κ3) is 5.78. The summed E-state index contributed by atoms with van der Waals surface area (Å²) in [5, 5.41) is 3.19. The molecule has 4 rings (SSSR count). The first kappa shape index (κ1) is 23.0. The van der Waals surface area contributed by atoms with Gasteiger partial charge in [-0.25, -0.2) is 4.98 Å². The molecule has 1 atom stereocenters. The predicted octanol–water partition coefficient (Wildman–Crippen LogP) is 4.02. The smallest absolute Gasteiger partial charge is 0.226 e. The van der Waals surface area contributed by atoms with Gasteiger partial charge < -0.3 is 14.6 Å². The lowest BCUT2D eigenvalue weighted by Crippen LogP contribution is -2.43. The van der Waals surface area contributed by atoms with E-state index in [2.05, 4.69) is 41.1 Å². The molecule has 2 saturated heterocycles. The van der Waals surface area contributed by atoms with Gasteiger partial charge in [-0.3, -0.25) is 9.69 Å². The van der Waals surface area contributed by atoms with Crippen LogP contribution in [0.3, 0.4) is 0 Å². The van der Waals surface area contributed by atoms with Crippen LogP contribution in [-0.2, 0) is 11.3 Å². The lowest BCUT2D eigenvalue weighted by molar-refractivity contribution is -0.126. The topological polar surface area (TPSA) is 61.6 Å². The second-order valence-corrected chi connectivity index (χ2v) is 9.73. The molecular weight excluding hydrogens is 400 g/mol. The molecule has 2 aliphatic rings. The zero-order valence-electron chi connectivity index (χ0n) is 19.9. The van der Waals surface area contributed by atoms with Crippen molar-refractivity contribution in [3.8, 4) is 11.5 Å². The Kier molecular flexibility index (Phi) is 7.63. The number of benzene rings is 1. The summed E-state index contributed by atoms with van der Waals surface area (Å²) in [7, 11) is 0. The van der Waals surface area contributed by atoms with Crippen LogP contribution in [0.2, 0.25) is 0 Å². The van der Waals surface area contributed by atoms with E-state index in [4.69, 9.17) is 9.40 Å². The van der Waals surface area contributed by atoms with E-state index in [0.29, 0.717) is 5.89 Å². The predicted molar refractivity (Wildman–Crippen MR) is 127 cm³/mol. The summed E-state index contributed by atoms with van der Waals surface area (Å²) in [6, 6.07) is 8.19. The van der Waals surface area contributed by atoms with E-state index in [9.17, 15) is 4.79 Å². The van der Waals surface area contributed by atoms with Crippen LogP contribution in [-0.4, -0.2) is 60.0 Å². The van der Waals surface area contributed by atoms with E-state index < -0.39 is 0 Å². The molecule has 3 heterocycles. The molecule has 0 spiro atoms. The van der Waals surface area contributed by atoms with Crippen molar-refractivity contribution in [2.45, 2.75) is 53.0 Å². The van der Waals surface area contributed by atoms with Gasteiger partial charge in [0.15, 0.2) is 0 Å². The van der Waals surface area contributed by atoms with Crippen molar-refractivity contribution in [1.82, 2.24) is 20.1 Å². The summed E-state index contributed by atoms with van der Waals surface area (Å²) >= 11 is 0. The van der Waals surface area contributed by atoms with Crippen molar-refractivity contribution >= 4 is 5.91 Å². The van der Waals surface area contributed by atoms with Crippen LogP contribution in [0.1, 0.15) is 49.6 Å². The molecule has 0 unspecified atom stereocenters. The summed E-state index contributed by atoms with van der Waals surface area (Å²) in [6.45, 7) is 13.1. The fraction of sp³-hybridized carbons (Fsp3) is 0.615. The Labute approximate surface area is 192 Å². The van der Waals surface area contributed by atoms with Crippen LogP contribution >= 0.6 is 0 Å². The number of nitrogens with one attached hydrogen (secondary N) is 1. The summed E-state index contributed by atoms with van der Waals surface area (Å²) in [5.74, 6) is 2.73. The minimum absolute atomic E-state index is 0.132. The molecule has 6 heteroatoms. The van der Waals surface area contributed by atoms with Crippen molar-refractivity contribution in [1.29, 1.82) is 0 Å². The lowest BCUT2D eigenvalue weighted by Gasteiger charge is -2.32. The molecule has 0 radical (unpaired) electrons. The Hall–Kier alpha value is -2.18. The second-order valence-electron chi connectivity index (χ2n) is 9.73. The van der Waals surface area contributed by atoms with Gasteiger partial charge in [-0.05, 0) is 76.7 Å².